The lowest BCUT2D eigenvalue weighted by Gasteiger charge is -2.21. The molecule has 19 heavy (non-hydrogen) atoms. The van der Waals surface area contributed by atoms with Crippen LogP contribution in [0.5, 0.6) is 0 Å². The second-order valence-corrected chi connectivity index (χ2v) is 7.64. The molecule has 1 N–H and O–H groups in total. The van der Waals surface area contributed by atoms with Crippen LogP contribution < -0.4 is 5.32 Å². The fourth-order valence-corrected chi connectivity index (χ4v) is 4.33. The zero-order valence-electron chi connectivity index (χ0n) is 11.4. The summed E-state index contributed by atoms with van der Waals surface area (Å²) < 4.78 is 30.3. The number of rotatable bonds is 5. The first kappa shape index (κ1) is 14.3. The van der Waals surface area contributed by atoms with Gasteiger partial charge in [0.25, 0.3) is 0 Å². The summed E-state index contributed by atoms with van der Waals surface area (Å²) >= 11 is 0. The quantitative estimate of drug-likeness (QED) is 0.899. The van der Waals surface area contributed by atoms with E-state index in [4.69, 9.17) is 4.74 Å². The normalized spacial score (nSPS) is 25.2. The van der Waals surface area contributed by atoms with E-state index in [1.807, 2.05) is 37.3 Å². The van der Waals surface area contributed by atoms with Gasteiger partial charge in [-0.1, -0.05) is 18.2 Å². The molecule has 0 aliphatic carbocycles. The van der Waals surface area contributed by atoms with Gasteiger partial charge >= 0.3 is 0 Å². The second kappa shape index (κ2) is 5.92. The molecule has 1 aliphatic heterocycles. The Morgan fingerprint density at radius 1 is 1.37 bits per heavy atom. The third-order valence-corrected chi connectivity index (χ3v) is 6.41. The number of ether oxygens (including phenoxy) is 1. The number of hydrogen-bond donors (Lipinski definition) is 1. The van der Waals surface area contributed by atoms with Crippen molar-refractivity contribution in [1.82, 2.24) is 0 Å². The number of nitrogens with one attached hydrogen (secondary N) is 1. The molecule has 2 rings (SSSR count). The van der Waals surface area contributed by atoms with Crippen LogP contribution in [-0.2, 0) is 14.6 Å². The van der Waals surface area contributed by atoms with E-state index in [9.17, 15) is 8.42 Å². The van der Waals surface area contributed by atoms with Gasteiger partial charge in [0.05, 0.1) is 16.6 Å². The zero-order valence-corrected chi connectivity index (χ0v) is 12.2. The maximum Gasteiger partial charge on any atom is 0.160 e. The summed E-state index contributed by atoms with van der Waals surface area (Å²) in [6.45, 7) is 4.57. The highest BCUT2D eigenvalue weighted by atomic mass is 32.2. The van der Waals surface area contributed by atoms with Crippen molar-refractivity contribution in [2.45, 2.75) is 36.9 Å². The number of benzene rings is 1. The van der Waals surface area contributed by atoms with Crippen molar-refractivity contribution in [2.75, 3.05) is 18.5 Å². The van der Waals surface area contributed by atoms with Crippen molar-refractivity contribution < 1.29 is 13.2 Å². The lowest BCUT2D eigenvalue weighted by atomic mass is 10.3. The van der Waals surface area contributed by atoms with E-state index in [0.717, 1.165) is 5.69 Å². The van der Waals surface area contributed by atoms with E-state index in [0.29, 0.717) is 19.6 Å². The van der Waals surface area contributed by atoms with Gasteiger partial charge in [0, 0.05) is 18.8 Å². The molecule has 5 heteroatoms. The molecular formula is C14H21NO3S. The Labute approximate surface area is 115 Å². The Hall–Kier alpha value is -1.07. The fraction of sp³-hybridized carbons (Fsp3) is 0.571. The minimum absolute atomic E-state index is 0.191. The molecule has 106 valence electrons. The minimum Gasteiger partial charge on any atom is -0.384 e. The monoisotopic (exact) mass is 283 g/mol. The molecule has 1 fully saturated rings. The first-order valence-corrected chi connectivity index (χ1v) is 8.26. The van der Waals surface area contributed by atoms with Gasteiger partial charge in [0.1, 0.15) is 0 Å². The first-order chi connectivity index (χ1) is 9.01. The van der Waals surface area contributed by atoms with E-state index in [-0.39, 0.29) is 11.4 Å². The number of sulfone groups is 1. The van der Waals surface area contributed by atoms with E-state index in [2.05, 4.69) is 5.32 Å². The second-order valence-electron chi connectivity index (χ2n) is 5.05. The predicted octanol–water partition coefficient (Wildman–Crippen LogP) is 2.08. The molecule has 0 radical (unpaired) electrons. The van der Waals surface area contributed by atoms with Crippen LogP contribution in [0.4, 0.5) is 5.69 Å². The summed E-state index contributed by atoms with van der Waals surface area (Å²) in [5.41, 5.74) is 0.945. The van der Waals surface area contributed by atoms with Gasteiger partial charge in [0.15, 0.2) is 9.84 Å². The average molecular weight is 283 g/mol. The average Bonchev–Trinajstić information content (AvgIpc) is 2.84. The summed E-state index contributed by atoms with van der Waals surface area (Å²) in [6.07, 6.45) is 0.420. The molecule has 3 atom stereocenters. The molecule has 1 aromatic carbocycles. The molecule has 0 saturated carbocycles. The maximum atomic E-state index is 12.4. The van der Waals surface area contributed by atoms with Crippen LogP contribution >= 0.6 is 0 Å². The molecule has 4 nitrogen and oxygen atoms in total. The number of para-hydroxylation sites is 1. The fourth-order valence-electron chi connectivity index (χ4n) is 2.38. The van der Waals surface area contributed by atoms with Crippen LogP contribution in [-0.4, -0.2) is 38.2 Å². The molecule has 0 bridgehead atoms. The SMILES string of the molecule is CC1OCCC1S(=O)(=O)C(C)CNc1ccccc1. The van der Waals surface area contributed by atoms with E-state index in [1.165, 1.54) is 0 Å². The third kappa shape index (κ3) is 3.28. The minimum atomic E-state index is -3.15. The van der Waals surface area contributed by atoms with Crippen molar-refractivity contribution >= 4 is 15.5 Å². The van der Waals surface area contributed by atoms with Gasteiger partial charge in [0.2, 0.25) is 0 Å². The van der Waals surface area contributed by atoms with Gasteiger partial charge in [-0.15, -0.1) is 0 Å². The van der Waals surface area contributed by atoms with Gasteiger partial charge in [-0.05, 0) is 32.4 Å². The molecule has 0 spiro atoms. The van der Waals surface area contributed by atoms with E-state index < -0.39 is 15.1 Å². The van der Waals surface area contributed by atoms with Gasteiger partial charge in [-0.25, -0.2) is 8.42 Å². The Morgan fingerprint density at radius 2 is 2.05 bits per heavy atom. The maximum absolute atomic E-state index is 12.4. The molecule has 1 heterocycles. The molecule has 3 unspecified atom stereocenters. The highest BCUT2D eigenvalue weighted by Gasteiger charge is 2.38. The van der Waals surface area contributed by atoms with Crippen LogP contribution in [0.15, 0.2) is 30.3 Å². The largest absolute Gasteiger partial charge is 0.384 e. The van der Waals surface area contributed by atoms with Crippen molar-refractivity contribution in [3.8, 4) is 0 Å². The van der Waals surface area contributed by atoms with Gasteiger partial charge in [-0.2, -0.15) is 0 Å². The van der Waals surface area contributed by atoms with E-state index >= 15 is 0 Å². The lowest BCUT2D eigenvalue weighted by Crippen LogP contribution is -2.38. The molecule has 1 aromatic rings. The molecule has 1 saturated heterocycles. The van der Waals surface area contributed by atoms with Crippen LogP contribution in [0, 0.1) is 0 Å². The van der Waals surface area contributed by atoms with Crippen LogP contribution in [0.2, 0.25) is 0 Å². The highest BCUT2D eigenvalue weighted by Crippen LogP contribution is 2.24. The molecule has 0 amide bonds. The molecule has 1 aliphatic rings. The molecule has 0 aromatic heterocycles. The van der Waals surface area contributed by atoms with Crippen LogP contribution in [0.3, 0.4) is 0 Å². The zero-order chi connectivity index (χ0) is 13.9. The Balaban J connectivity index is 1.97. The number of anilines is 1. The summed E-state index contributed by atoms with van der Waals surface area (Å²) in [6, 6.07) is 9.65. The van der Waals surface area contributed by atoms with Gasteiger partial charge in [-0.3, -0.25) is 0 Å². The van der Waals surface area contributed by atoms with Crippen molar-refractivity contribution in [2.24, 2.45) is 0 Å². The summed E-state index contributed by atoms with van der Waals surface area (Å²) in [5, 5.41) is 2.39. The van der Waals surface area contributed by atoms with Crippen molar-refractivity contribution in [1.29, 1.82) is 0 Å². The standard InChI is InChI=1S/C14H21NO3S/c1-11(10-15-13-6-4-3-5-7-13)19(16,17)14-8-9-18-12(14)2/h3-7,11-12,14-15H,8-10H2,1-2H3. The Kier molecular flexibility index (Phi) is 4.47. The summed E-state index contributed by atoms with van der Waals surface area (Å²) in [5.74, 6) is 0. The first-order valence-electron chi connectivity index (χ1n) is 6.65. The van der Waals surface area contributed by atoms with Crippen LogP contribution in [0.1, 0.15) is 20.3 Å². The summed E-state index contributed by atoms with van der Waals surface area (Å²) in [7, 11) is -3.15. The smallest absolute Gasteiger partial charge is 0.160 e. The van der Waals surface area contributed by atoms with E-state index in [1.54, 1.807) is 6.92 Å². The van der Waals surface area contributed by atoms with Crippen molar-refractivity contribution in [3.05, 3.63) is 30.3 Å². The highest BCUT2D eigenvalue weighted by molar-refractivity contribution is 7.92. The lowest BCUT2D eigenvalue weighted by molar-refractivity contribution is 0.126. The summed E-state index contributed by atoms with van der Waals surface area (Å²) in [4.78, 5) is 0. The van der Waals surface area contributed by atoms with Crippen molar-refractivity contribution in [3.63, 3.8) is 0 Å². The predicted molar refractivity (Wildman–Crippen MR) is 77.1 cm³/mol. The van der Waals surface area contributed by atoms with Gasteiger partial charge < -0.3 is 10.1 Å². The molecular weight excluding hydrogens is 262 g/mol. The third-order valence-electron chi connectivity index (χ3n) is 3.66. The Bertz CT molecular complexity index is 501. The Morgan fingerprint density at radius 3 is 2.63 bits per heavy atom. The topological polar surface area (TPSA) is 55.4 Å². The van der Waals surface area contributed by atoms with Crippen LogP contribution in [0.25, 0.3) is 0 Å². The number of hydrogen-bond acceptors (Lipinski definition) is 4.